The lowest BCUT2D eigenvalue weighted by Gasteiger charge is -2.47. The highest BCUT2D eigenvalue weighted by atomic mass is 127. The third kappa shape index (κ3) is 10.5. The van der Waals surface area contributed by atoms with E-state index in [1.807, 2.05) is 25.8 Å². The van der Waals surface area contributed by atoms with E-state index in [1.54, 1.807) is 43.4 Å². The number of aliphatic hydroxyl groups is 2. The molecule has 3 aliphatic rings. The Morgan fingerprint density at radius 2 is 1.75 bits per heavy atom. The van der Waals surface area contributed by atoms with Crippen LogP contribution < -0.4 is 5.73 Å². The van der Waals surface area contributed by atoms with Crippen molar-refractivity contribution in [1.82, 2.24) is 4.90 Å². The standard InChI is InChI=1S/C37H61IN4O10/c1-11-12-17-42(9)27-18-21(3)49-34(29(27)40-47)50-32-23(5)30(43)24(6)33(45)51-35(38)37(8,46)31(44)22(4)28(20(2)19-36(32,7)48-10)41-52-26-15-13-25(39)14-16-26/h1,20-27,29,31-32,34-35,44,46H,12-19,39H2,2-10H3/b41-28+/t20-,21-,22+,23+,24-,25?,26?,27+,29-,31-,32-,34+,35+,36-,37+/m1/s1. The summed E-state index contributed by atoms with van der Waals surface area (Å²) in [4.78, 5) is 48.2. The van der Waals surface area contributed by atoms with Gasteiger partial charge in [0.2, 0.25) is 0 Å². The van der Waals surface area contributed by atoms with Crippen LogP contribution in [0.5, 0.6) is 0 Å². The number of hydrogen-bond acceptors (Lipinski definition) is 14. The van der Waals surface area contributed by atoms with E-state index in [-0.39, 0.29) is 30.7 Å². The molecule has 52 heavy (non-hydrogen) atoms. The van der Waals surface area contributed by atoms with Gasteiger partial charge in [0.1, 0.15) is 17.6 Å². The number of carbonyl (C=O) groups excluding carboxylic acids is 2. The van der Waals surface area contributed by atoms with Gasteiger partial charge in [-0.3, -0.25) is 14.5 Å². The maximum Gasteiger partial charge on any atom is 0.317 e. The van der Waals surface area contributed by atoms with Crippen molar-refractivity contribution < 1.29 is 43.6 Å². The second-order valence-electron chi connectivity index (χ2n) is 15.6. The van der Waals surface area contributed by atoms with E-state index in [1.165, 1.54) is 21.0 Å². The van der Waals surface area contributed by atoms with Crippen LogP contribution in [0.2, 0.25) is 0 Å². The summed E-state index contributed by atoms with van der Waals surface area (Å²) in [5, 5.41) is 31.3. The van der Waals surface area contributed by atoms with Gasteiger partial charge in [0.15, 0.2) is 22.2 Å². The van der Waals surface area contributed by atoms with Crippen LogP contribution in [0.25, 0.3) is 0 Å². The Kier molecular flexibility index (Phi) is 16.5. The Morgan fingerprint density at radius 3 is 2.33 bits per heavy atom. The van der Waals surface area contributed by atoms with Gasteiger partial charge in [-0.05, 0) is 95.9 Å². The quantitative estimate of drug-likeness (QED) is 0.0577. The number of nitroso groups, excluding NO2 is 1. The molecule has 2 aliphatic heterocycles. The van der Waals surface area contributed by atoms with E-state index in [2.05, 4.69) is 16.3 Å². The Balaban J connectivity index is 2.13. The normalized spacial score (nSPS) is 43.7. The maximum absolute atomic E-state index is 14.2. The highest BCUT2D eigenvalue weighted by Gasteiger charge is 2.52. The Labute approximate surface area is 322 Å². The van der Waals surface area contributed by atoms with Gasteiger partial charge in [0, 0.05) is 49.9 Å². The van der Waals surface area contributed by atoms with Crippen LogP contribution in [-0.2, 0) is 33.4 Å². The minimum atomic E-state index is -1.93. The molecule has 0 radical (unpaired) electrons. The molecule has 1 aliphatic carbocycles. The van der Waals surface area contributed by atoms with E-state index in [0.717, 1.165) is 25.7 Å². The highest BCUT2D eigenvalue weighted by Crippen LogP contribution is 2.39. The zero-order valence-corrected chi connectivity index (χ0v) is 34.4. The number of alkyl halides is 1. The molecule has 3 rings (SSSR count). The largest absolute Gasteiger partial charge is 0.448 e. The third-order valence-electron chi connectivity index (χ3n) is 11.4. The lowest BCUT2D eigenvalue weighted by Crippen LogP contribution is -2.59. The third-order valence-corrected chi connectivity index (χ3v) is 12.9. The number of rotatable bonds is 9. The summed E-state index contributed by atoms with van der Waals surface area (Å²) in [5.74, 6) is -2.25. The summed E-state index contributed by atoms with van der Waals surface area (Å²) in [6.45, 7) is 12.3. The van der Waals surface area contributed by atoms with Crippen molar-refractivity contribution in [2.24, 2.45) is 39.7 Å². The predicted octanol–water partition coefficient (Wildman–Crippen LogP) is 3.95. The molecule has 0 unspecified atom stereocenters. The first-order valence-corrected chi connectivity index (χ1v) is 19.7. The zero-order chi connectivity index (χ0) is 39.1. The van der Waals surface area contributed by atoms with Gasteiger partial charge >= 0.3 is 5.97 Å². The molecule has 2 heterocycles. The second-order valence-corrected chi connectivity index (χ2v) is 16.7. The number of likely N-dealkylation sites (N-methyl/N-ethyl adjacent to an activating group) is 1. The number of terminal acetylenes is 1. The number of Topliss-reactive ketones (excluding diaryl/α,β-unsaturated/α-hetero) is 1. The van der Waals surface area contributed by atoms with Gasteiger partial charge in [-0.1, -0.05) is 31.1 Å². The molecule has 0 amide bonds. The summed E-state index contributed by atoms with van der Waals surface area (Å²) in [7, 11) is 3.37. The number of methoxy groups -OCH3 is 1. The van der Waals surface area contributed by atoms with Crippen molar-refractivity contribution in [2.45, 2.75) is 158 Å². The monoisotopic (exact) mass is 848 g/mol. The van der Waals surface area contributed by atoms with Crippen LogP contribution in [0.1, 0.15) is 93.4 Å². The number of hydrogen-bond donors (Lipinski definition) is 3. The molecular formula is C37H61IN4O10. The lowest BCUT2D eigenvalue weighted by atomic mass is 9.75. The van der Waals surface area contributed by atoms with E-state index in [0.29, 0.717) is 25.1 Å². The first-order valence-electron chi connectivity index (χ1n) is 18.4. The van der Waals surface area contributed by atoms with Crippen molar-refractivity contribution in [3.05, 3.63) is 4.91 Å². The minimum absolute atomic E-state index is 0.107. The van der Waals surface area contributed by atoms with E-state index >= 15 is 0 Å². The molecule has 4 N–H and O–H groups in total. The van der Waals surface area contributed by atoms with Gasteiger partial charge in [-0.25, -0.2) is 0 Å². The molecule has 0 aromatic heterocycles. The number of halogens is 1. The van der Waals surface area contributed by atoms with E-state index < -0.39 is 75.3 Å². The van der Waals surface area contributed by atoms with Crippen molar-refractivity contribution in [3.8, 4) is 12.3 Å². The van der Waals surface area contributed by atoms with Crippen LogP contribution in [0.3, 0.4) is 0 Å². The Hall–Kier alpha value is -1.78. The summed E-state index contributed by atoms with van der Waals surface area (Å²) in [6.07, 6.45) is 5.55. The van der Waals surface area contributed by atoms with E-state index in [9.17, 15) is 24.7 Å². The zero-order valence-electron chi connectivity index (χ0n) is 32.2. The van der Waals surface area contributed by atoms with Crippen LogP contribution in [0, 0.1) is 40.9 Å². The number of aliphatic hydroxyl groups excluding tert-OH is 1. The summed E-state index contributed by atoms with van der Waals surface area (Å²) in [6, 6.07) is -1.22. The van der Waals surface area contributed by atoms with Gasteiger partial charge in [0.05, 0.1) is 29.6 Å². The summed E-state index contributed by atoms with van der Waals surface area (Å²) < 4.78 is 23.6. The number of nitrogens with zero attached hydrogens (tertiary/aromatic N) is 3. The fourth-order valence-corrected chi connectivity index (χ4v) is 8.42. The number of ether oxygens (including phenoxy) is 4. The smallest absolute Gasteiger partial charge is 0.317 e. The fraction of sp³-hybridized carbons (Fsp3) is 0.865. The number of nitrogens with two attached hydrogens (primary N) is 1. The van der Waals surface area contributed by atoms with Gasteiger partial charge in [-0.2, -0.15) is 4.91 Å². The topological polar surface area (TPSA) is 192 Å². The highest BCUT2D eigenvalue weighted by molar-refractivity contribution is 14.1. The van der Waals surface area contributed by atoms with Crippen LogP contribution in [0.15, 0.2) is 10.3 Å². The van der Waals surface area contributed by atoms with Crippen molar-refractivity contribution in [1.29, 1.82) is 0 Å². The Morgan fingerprint density at radius 1 is 1.12 bits per heavy atom. The summed E-state index contributed by atoms with van der Waals surface area (Å²) in [5.41, 5.74) is 3.36. The Bertz CT molecular complexity index is 1290. The first kappa shape index (κ1) is 44.6. The average Bonchev–Trinajstić information content (AvgIpc) is 3.11. The predicted molar refractivity (Wildman–Crippen MR) is 204 cm³/mol. The second kappa shape index (κ2) is 19.2. The number of oxime groups is 1. The number of ketones is 1. The van der Waals surface area contributed by atoms with Crippen LogP contribution >= 0.6 is 22.6 Å². The molecule has 0 bridgehead atoms. The molecule has 13 atom stereocenters. The number of cyclic esters (lactones) is 1. The van der Waals surface area contributed by atoms with Crippen molar-refractivity contribution >= 4 is 40.1 Å². The number of carbonyl (C=O) groups is 2. The molecule has 0 aromatic rings. The number of esters is 1. The summed E-state index contributed by atoms with van der Waals surface area (Å²) >= 11 is 1.76. The van der Waals surface area contributed by atoms with Gasteiger partial charge < -0.3 is 39.7 Å². The maximum atomic E-state index is 14.2. The molecule has 2 saturated heterocycles. The van der Waals surface area contributed by atoms with Crippen LogP contribution in [0.4, 0.5) is 0 Å². The molecule has 3 fully saturated rings. The lowest BCUT2D eigenvalue weighted by molar-refractivity contribution is -0.268. The molecule has 15 heteroatoms. The SMILES string of the molecule is C#CCCN(C)[C@H]1C[C@@H](C)O[C@@H](O[C@@H]2[C@@H](C)C(=O)[C@@H](C)C(=O)O[C@H](I)[C@@](C)(O)[C@H](O)[C@@H](C)/C(=N/OC3CCC(N)CC3)[C@H](C)C[C@@]2(C)OC)[C@@H]1N=O. The molecule has 0 spiro atoms. The molecular weight excluding hydrogens is 787 g/mol. The van der Waals surface area contributed by atoms with Gasteiger partial charge in [0.25, 0.3) is 0 Å². The molecule has 296 valence electrons. The first-order chi connectivity index (χ1) is 24.3. The molecule has 1 saturated carbocycles. The van der Waals surface area contributed by atoms with E-state index in [4.69, 9.17) is 35.9 Å². The van der Waals surface area contributed by atoms with Crippen LogP contribution in [-0.4, -0.2) is 117 Å². The average molecular weight is 849 g/mol. The fourth-order valence-electron chi connectivity index (χ4n) is 7.81. The minimum Gasteiger partial charge on any atom is -0.448 e. The van der Waals surface area contributed by atoms with Gasteiger partial charge in [-0.15, -0.1) is 12.3 Å². The molecule has 0 aromatic carbocycles. The van der Waals surface area contributed by atoms with Crippen molar-refractivity contribution in [3.63, 3.8) is 0 Å². The van der Waals surface area contributed by atoms with Crippen molar-refractivity contribution in [2.75, 3.05) is 20.7 Å². The molecule has 14 nitrogen and oxygen atoms in total.